The molecule has 33 heavy (non-hydrogen) atoms. The molecule has 16 heteroatoms. The van der Waals surface area contributed by atoms with Crippen molar-refractivity contribution >= 4 is 85.3 Å². The Hall–Kier alpha value is 0.0800. The molecule has 0 bridgehead atoms. The molecule has 2 aliphatic heterocycles. The molecule has 2 aromatic carbocycles. The predicted molar refractivity (Wildman–Crippen MR) is 126 cm³/mol. The molecule has 0 unspecified atom stereocenters. The summed E-state index contributed by atoms with van der Waals surface area (Å²) in [5.74, 6) is -0.208. The fourth-order valence-electron chi connectivity index (χ4n) is 2.75. The SMILES string of the molecule is O=P1(Oc2c(Cl)cc(Cl)cc2Cl)OCC2(CO1)COP(=O)(Oc1c(Cl)cc(Cl)cc1Cl)OC2. The van der Waals surface area contributed by atoms with Crippen molar-refractivity contribution in [3.05, 3.63) is 54.4 Å². The molecule has 180 valence electrons. The van der Waals surface area contributed by atoms with E-state index in [-0.39, 0.29) is 68.1 Å². The summed E-state index contributed by atoms with van der Waals surface area (Å²) in [6.45, 7) is -0.684. The van der Waals surface area contributed by atoms with Gasteiger partial charge in [-0.15, -0.1) is 0 Å². The van der Waals surface area contributed by atoms with Crippen molar-refractivity contribution in [3.63, 3.8) is 0 Å². The molecule has 2 heterocycles. The first-order valence-electron chi connectivity index (χ1n) is 8.88. The van der Waals surface area contributed by atoms with Crippen LogP contribution in [0.25, 0.3) is 0 Å². The van der Waals surface area contributed by atoms with Crippen molar-refractivity contribution in [2.24, 2.45) is 5.41 Å². The second kappa shape index (κ2) is 9.85. The Bertz CT molecular complexity index is 1030. The Morgan fingerprint density at radius 3 is 1.15 bits per heavy atom. The van der Waals surface area contributed by atoms with Crippen LogP contribution in [-0.4, -0.2) is 26.4 Å². The van der Waals surface area contributed by atoms with Gasteiger partial charge in [-0.2, -0.15) is 0 Å². The van der Waals surface area contributed by atoms with Crippen molar-refractivity contribution in [1.29, 1.82) is 0 Å². The summed E-state index contributed by atoms with van der Waals surface area (Å²) in [7, 11) is -8.15. The maximum absolute atomic E-state index is 12.9. The third-order valence-electron chi connectivity index (χ3n) is 4.45. The van der Waals surface area contributed by atoms with Gasteiger partial charge in [-0.05, 0) is 24.3 Å². The molecule has 0 aliphatic carbocycles. The van der Waals surface area contributed by atoms with Crippen molar-refractivity contribution in [2.75, 3.05) is 26.4 Å². The molecular formula is C17H12Cl6O8P2. The van der Waals surface area contributed by atoms with Crippen LogP contribution in [0.3, 0.4) is 0 Å². The molecule has 8 nitrogen and oxygen atoms in total. The van der Waals surface area contributed by atoms with E-state index in [1.54, 1.807) is 0 Å². The highest BCUT2D eigenvalue weighted by atomic mass is 35.5. The highest BCUT2D eigenvalue weighted by molar-refractivity contribution is 7.49. The van der Waals surface area contributed by atoms with Crippen LogP contribution in [0.2, 0.25) is 30.1 Å². The molecule has 0 atom stereocenters. The topological polar surface area (TPSA) is 89.5 Å². The molecule has 4 rings (SSSR count). The molecule has 2 saturated heterocycles. The lowest BCUT2D eigenvalue weighted by Gasteiger charge is -2.41. The van der Waals surface area contributed by atoms with Gasteiger partial charge in [0.15, 0.2) is 11.5 Å². The molecule has 2 aliphatic rings. The summed E-state index contributed by atoms with van der Waals surface area (Å²) in [5, 5.41) is 0.636. The third kappa shape index (κ3) is 5.91. The number of hydrogen-bond donors (Lipinski definition) is 0. The summed E-state index contributed by atoms with van der Waals surface area (Å²) in [6, 6.07) is 5.45. The van der Waals surface area contributed by atoms with E-state index >= 15 is 0 Å². The summed E-state index contributed by atoms with van der Waals surface area (Å²) in [5.41, 5.74) is -0.935. The predicted octanol–water partition coefficient (Wildman–Crippen LogP) is 8.36. The second-order valence-electron chi connectivity index (χ2n) is 7.07. The zero-order valence-electron chi connectivity index (χ0n) is 16.1. The summed E-state index contributed by atoms with van der Waals surface area (Å²) < 4.78 is 57.8. The second-order valence-corrected chi connectivity index (χ2v) is 12.8. The Labute approximate surface area is 218 Å². The van der Waals surface area contributed by atoms with E-state index in [2.05, 4.69) is 0 Å². The lowest BCUT2D eigenvalue weighted by molar-refractivity contribution is -0.0853. The fraction of sp³-hybridized carbons (Fsp3) is 0.294. The van der Waals surface area contributed by atoms with E-state index in [9.17, 15) is 9.13 Å². The van der Waals surface area contributed by atoms with Crippen LogP contribution < -0.4 is 9.05 Å². The van der Waals surface area contributed by atoms with Crippen LogP contribution in [0, 0.1) is 5.41 Å². The maximum Gasteiger partial charge on any atom is 0.530 e. The number of hydrogen-bond acceptors (Lipinski definition) is 8. The van der Waals surface area contributed by atoms with Crippen molar-refractivity contribution in [3.8, 4) is 11.5 Å². The van der Waals surface area contributed by atoms with E-state index in [0.717, 1.165) is 0 Å². The number of rotatable bonds is 4. The Balaban J connectivity index is 1.40. The van der Waals surface area contributed by atoms with Crippen LogP contribution in [0.5, 0.6) is 11.5 Å². The van der Waals surface area contributed by atoms with Gasteiger partial charge in [0.25, 0.3) is 0 Å². The largest absolute Gasteiger partial charge is 0.530 e. The molecule has 2 aromatic rings. The van der Waals surface area contributed by atoms with Crippen molar-refractivity contribution in [1.82, 2.24) is 0 Å². The minimum Gasteiger partial charge on any atom is -0.401 e. The van der Waals surface area contributed by atoms with Gasteiger partial charge >= 0.3 is 15.6 Å². The minimum absolute atomic E-state index is 0.0251. The highest BCUT2D eigenvalue weighted by Crippen LogP contribution is 2.61. The Kier molecular flexibility index (Phi) is 7.81. The van der Waals surface area contributed by atoms with Crippen LogP contribution >= 0.6 is 85.3 Å². The average Bonchev–Trinajstić information content (AvgIpc) is 2.73. The molecule has 1 spiro atoms. The first kappa shape index (κ1) is 26.2. The van der Waals surface area contributed by atoms with E-state index in [4.69, 9.17) is 96.7 Å². The Morgan fingerprint density at radius 1 is 0.606 bits per heavy atom. The molecule has 2 fully saturated rings. The molecular weight excluding hydrogens is 607 g/mol. The van der Waals surface area contributed by atoms with E-state index in [0.29, 0.717) is 0 Å². The standard InChI is InChI=1S/C17H12Cl6O8P2/c18-9-1-11(20)15(12(21)2-9)30-32(24)26-5-17(6-27-32)7-28-33(25,29-8-17)31-16-13(22)3-10(19)4-14(16)23/h1-4H,5-8H2. The minimum atomic E-state index is -4.07. The summed E-state index contributed by atoms with van der Waals surface area (Å²) in [4.78, 5) is 0. The van der Waals surface area contributed by atoms with Gasteiger partial charge in [0.2, 0.25) is 0 Å². The number of halogens is 6. The number of phosphoric ester groups is 2. The van der Waals surface area contributed by atoms with E-state index < -0.39 is 21.1 Å². The van der Waals surface area contributed by atoms with Crippen molar-refractivity contribution in [2.45, 2.75) is 0 Å². The van der Waals surface area contributed by atoms with Crippen LogP contribution in [0.1, 0.15) is 0 Å². The van der Waals surface area contributed by atoms with E-state index in [1.165, 1.54) is 24.3 Å². The van der Waals surface area contributed by atoms with Gasteiger partial charge in [0, 0.05) is 10.0 Å². The monoisotopic (exact) mass is 616 g/mol. The van der Waals surface area contributed by atoms with Gasteiger partial charge in [0.1, 0.15) is 0 Å². The summed E-state index contributed by atoms with van der Waals surface area (Å²) in [6.07, 6.45) is 0. The van der Waals surface area contributed by atoms with Gasteiger partial charge in [-0.3, -0.25) is 18.1 Å². The quantitative estimate of drug-likeness (QED) is 0.316. The molecule has 0 amide bonds. The number of benzene rings is 2. The smallest absolute Gasteiger partial charge is 0.401 e. The lowest BCUT2D eigenvalue weighted by Crippen LogP contribution is -2.46. The summed E-state index contributed by atoms with van der Waals surface area (Å²) >= 11 is 35.9. The van der Waals surface area contributed by atoms with Gasteiger partial charge in [-0.1, -0.05) is 69.6 Å². The normalized spacial score (nSPS) is 29.8. The van der Waals surface area contributed by atoms with Gasteiger partial charge < -0.3 is 9.05 Å². The fourth-order valence-corrected chi connectivity index (χ4v) is 7.68. The van der Waals surface area contributed by atoms with Crippen LogP contribution in [0.15, 0.2) is 24.3 Å². The molecule has 0 radical (unpaired) electrons. The van der Waals surface area contributed by atoms with E-state index in [1.807, 2.05) is 0 Å². The zero-order valence-corrected chi connectivity index (χ0v) is 22.4. The zero-order chi connectivity index (χ0) is 24.0. The van der Waals surface area contributed by atoms with Crippen LogP contribution in [0.4, 0.5) is 0 Å². The average molecular weight is 619 g/mol. The number of phosphoric acid groups is 2. The lowest BCUT2D eigenvalue weighted by atomic mass is 9.93. The third-order valence-corrected chi connectivity index (χ3v) is 8.60. The molecule has 0 aromatic heterocycles. The van der Waals surface area contributed by atoms with Gasteiger partial charge in [0.05, 0.1) is 51.9 Å². The first-order valence-corrected chi connectivity index (χ1v) is 14.1. The maximum atomic E-state index is 12.9. The first-order chi connectivity index (χ1) is 15.4. The highest BCUT2D eigenvalue weighted by Gasteiger charge is 2.51. The Morgan fingerprint density at radius 2 is 0.879 bits per heavy atom. The molecule has 0 N–H and O–H groups in total. The van der Waals surface area contributed by atoms with Crippen LogP contribution in [-0.2, 0) is 27.2 Å². The molecule has 0 saturated carbocycles. The van der Waals surface area contributed by atoms with Crippen molar-refractivity contribution < 1.29 is 36.3 Å². The van der Waals surface area contributed by atoms with Gasteiger partial charge in [-0.25, -0.2) is 9.13 Å².